The predicted molar refractivity (Wildman–Crippen MR) is 163 cm³/mol. The van der Waals surface area contributed by atoms with Crippen LogP contribution in [0.5, 0.6) is 11.8 Å². The van der Waals surface area contributed by atoms with Gasteiger partial charge in [0.15, 0.2) is 0 Å². The predicted octanol–water partition coefficient (Wildman–Crippen LogP) is 4.78. The summed E-state index contributed by atoms with van der Waals surface area (Å²) in [6.07, 6.45) is 2.86. The number of nitrogens with one attached hydrogen (secondary N) is 1. The summed E-state index contributed by atoms with van der Waals surface area (Å²) in [6, 6.07) is 3.25. The second-order valence-electron chi connectivity index (χ2n) is 11.3. The van der Waals surface area contributed by atoms with Crippen molar-refractivity contribution in [1.29, 1.82) is 0 Å². The van der Waals surface area contributed by atoms with Crippen molar-refractivity contribution in [3.63, 3.8) is 0 Å². The molecule has 0 fully saturated rings. The molecule has 4 aromatic rings. The molecule has 232 valence electrons. The molecule has 1 aliphatic rings. The molecule has 0 amide bonds. The van der Waals surface area contributed by atoms with Crippen molar-refractivity contribution < 1.29 is 23.7 Å². The molecule has 5 rings (SSSR count). The first-order valence-corrected chi connectivity index (χ1v) is 14.9. The fourth-order valence-corrected chi connectivity index (χ4v) is 5.45. The summed E-state index contributed by atoms with van der Waals surface area (Å²) in [5.74, 6) is 0.542. The molecule has 43 heavy (non-hydrogen) atoms. The molecule has 3 aromatic heterocycles. The molecule has 0 unspecified atom stereocenters. The van der Waals surface area contributed by atoms with Crippen LogP contribution < -0.4 is 9.47 Å². The number of ether oxygens (including phenoxy) is 3. The van der Waals surface area contributed by atoms with Crippen molar-refractivity contribution in [3.8, 4) is 22.9 Å². The topological polar surface area (TPSA) is 115 Å². The van der Waals surface area contributed by atoms with Crippen LogP contribution in [0.1, 0.15) is 64.2 Å². The molecular weight excluding hydrogens is 553 g/mol. The molecule has 2 atom stereocenters. The third-order valence-corrected chi connectivity index (χ3v) is 7.36. The molecule has 0 saturated heterocycles. The maximum Gasteiger partial charge on any atom is 0.240 e. The standard InChI is InChI=1S/C31H42FN7O4/c1-8-38-15-20(6)43-31-29(27(17-41-9-2)35-37(31)7)22-12-23-25(33-34-26(23)13-24(22)32)11-10-21-28(16-38)39(14-19(5)40)36-30(21)42-18(3)4/h10-13,18-20,40H,8-9,14-17H2,1-7H3,(H,33,34)/b11-10+/t19-,20-/m0/s1. The Morgan fingerprint density at radius 1 is 1.19 bits per heavy atom. The molecular formula is C31H42FN7O4. The average molecular weight is 596 g/mol. The van der Waals surface area contributed by atoms with Crippen LogP contribution in [0.4, 0.5) is 4.39 Å². The Labute approximate surface area is 251 Å². The smallest absolute Gasteiger partial charge is 0.240 e. The van der Waals surface area contributed by atoms with Crippen LogP contribution in [0.25, 0.3) is 34.2 Å². The first kappa shape index (κ1) is 30.7. The second-order valence-corrected chi connectivity index (χ2v) is 11.3. The molecule has 1 aliphatic heterocycles. The Morgan fingerprint density at radius 3 is 2.67 bits per heavy atom. The van der Waals surface area contributed by atoms with E-state index in [-0.39, 0.29) is 18.8 Å². The van der Waals surface area contributed by atoms with Gasteiger partial charge >= 0.3 is 0 Å². The highest BCUT2D eigenvalue weighted by atomic mass is 19.1. The van der Waals surface area contributed by atoms with E-state index in [0.29, 0.717) is 66.0 Å². The fraction of sp³-hybridized carbons (Fsp3) is 0.516. The normalized spacial score (nSPS) is 17.4. The molecule has 2 bridgehead atoms. The number of aliphatic hydroxyl groups is 1. The fourth-order valence-electron chi connectivity index (χ4n) is 5.45. The summed E-state index contributed by atoms with van der Waals surface area (Å²) in [5, 5.41) is 28.0. The molecule has 0 radical (unpaired) electrons. The Bertz CT molecular complexity index is 1600. The highest BCUT2D eigenvalue weighted by Gasteiger charge is 2.27. The first-order chi connectivity index (χ1) is 20.6. The number of benzene rings is 1. The zero-order valence-corrected chi connectivity index (χ0v) is 26.0. The van der Waals surface area contributed by atoms with Crippen LogP contribution in [-0.2, 0) is 31.5 Å². The van der Waals surface area contributed by atoms with Gasteiger partial charge in [0.1, 0.15) is 17.6 Å². The molecule has 12 heteroatoms. The minimum absolute atomic E-state index is 0.102. The van der Waals surface area contributed by atoms with E-state index >= 15 is 4.39 Å². The molecule has 0 spiro atoms. The van der Waals surface area contributed by atoms with Gasteiger partial charge in [-0.05, 0) is 59.4 Å². The van der Waals surface area contributed by atoms with E-state index in [1.807, 2.05) is 44.5 Å². The maximum atomic E-state index is 15.8. The van der Waals surface area contributed by atoms with Crippen LogP contribution >= 0.6 is 0 Å². The van der Waals surface area contributed by atoms with E-state index < -0.39 is 11.9 Å². The lowest BCUT2D eigenvalue weighted by atomic mass is 10.0. The number of hydrogen-bond acceptors (Lipinski definition) is 8. The van der Waals surface area contributed by atoms with E-state index in [2.05, 4.69) is 27.1 Å². The summed E-state index contributed by atoms with van der Waals surface area (Å²) >= 11 is 0. The minimum atomic E-state index is -0.605. The van der Waals surface area contributed by atoms with Gasteiger partial charge in [-0.25, -0.2) is 9.07 Å². The van der Waals surface area contributed by atoms with Gasteiger partial charge in [-0.2, -0.15) is 10.2 Å². The Hall–Kier alpha value is -3.74. The number of H-pyrrole nitrogens is 1. The Kier molecular flexibility index (Phi) is 9.19. The van der Waals surface area contributed by atoms with E-state index in [1.54, 1.807) is 24.7 Å². The summed E-state index contributed by atoms with van der Waals surface area (Å²) in [4.78, 5) is 2.25. The monoisotopic (exact) mass is 595 g/mol. The maximum absolute atomic E-state index is 15.8. The summed E-state index contributed by atoms with van der Waals surface area (Å²) < 4.78 is 37.7. The molecule has 1 aromatic carbocycles. The number of aliphatic hydroxyl groups excluding tert-OH is 1. The van der Waals surface area contributed by atoms with Crippen molar-refractivity contribution in [1.82, 2.24) is 34.7 Å². The Morgan fingerprint density at radius 2 is 1.98 bits per heavy atom. The first-order valence-electron chi connectivity index (χ1n) is 14.9. The lowest BCUT2D eigenvalue weighted by Crippen LogP contribution is -2.35. The SMILES string of the molecule is CCOCc1nn(C)c2c1-c1cc3c(n[nH]c3cc1F)/C=C/c1c(OC(C)C)nn(C[C@H](C)O)c1CN(CC)C[C@H](C)O2. The number of aryl methyl sites for hydroxylation is 1. The zero-order valence-electron chi connectivity index (χ0n) is 26.0. The summed E-state index contributed by atoms with van der Waals surface area (Å²) in [5.41, 5.74) is 4.45. The number of nitrogens with zero attached hydrogens (tertiary/aromatic N) is 6. The third kappa shape index (κ3) is 6.46. The summed E-state index contributed by atoms with van der Waals surface area (Å²) in [6.45, 7) is 14.5. The van der Waals surface area contributed by atoms with Crippen LogP contribution in [-0.4, -0.2) is 77.8 Å². The van der Waals surface area contributed by atoms with E-state index in [4.69, 9.17) is 19.3 Å². The van der Waals surface area contributed by atoms with Gasteiger partial charge in [-0.1, -0.05) is 6.92 Å². The lowest BCUT2D eigenvalue weighted by Gasteiger charge is -2.26. The van der Waals surface area contributed by atoms with Crippen LogP contribution in [0.15, 0.2) is 12.1 Å². The molecule has 4 heterocycles. The molecule has 11 nitrogen and oxygen atoms in total. The van der Waals surface area contributed by atoms with Gasteiger partial charge in [0, 0.05) is 43.8 Å². The van der Waals surface area contributed by atoms with Crippen LogP contribution in [0.3, 0.4) is 0 Å². The molecule has 0 saturated carbocycles. The number of likely N-dealkylation sites (N-methyl/N-ethyl adjacent to an activating group) is 1. The van der Waals surface area contributed by atoms with Gasteiger partial charge in [0.2, 0.25) is 11.8 Å². The minimum Gasteiger partial charge on any atom is -0.473 e. The van der Waals surface area contributed by atoms with Gasteiger partial charge in [0.25, 0.3) is 0 Å². The van der Waals surface area contributed by atoms with Gasteiger partial charge in [-0.15, -0.1) is 5.10 Å². The number of fused-ring (bicyclic) bond motifs is 4. The summed E-state index contributed by atoms with van der Waals surface area (Å²) in [7, 11) is 1.80. The van der Waals surface area contributed by atoms with E-state index in [9.17, 15) is 5.11 Å². The molecule has 2 N–H and O–H groups in total. The molecule has 0 aliphatic carbocycles. The number of rotatable bonds is 8. The van der Waals surface area contributed by atoms with Crippen molar-refractivity contribution in [2.45, 2.75) is 79.6 Å². The largest absolute Gasteiger partial charge is 0.473 e. The van der Waals surface area contributed by atoms with Crippen molar-refractivity contribution in [2.75, 3.05) is 19.7 Å². The number of halogens is 1. The van der Waals surface area contributed by atoms with Gasteiger partial charge in [0.05, 0.1) is 53.4 Å². The number of aromatic nitrogens is 6. The van der Waals surface area contributed by atoms with Crippen molar-refractivity contribution >= 4 is 23.1 Å². The van der Waals surface area contributed by atoms with Gasteiger partial charge in [-0.3, -0.25) is 14.7 Å². The second kappa shape index (κ2) is 12.9. The Balaban J connectivity index is 1.74. The lowest BCUT2D eigenvalue weighted by molar-refractivity contribution is 0.131. The highest BCUT2D eigenvalue weighted by molar-refractivity contribution is 5.93. The van der Waals surface area contributed by atoms with Crippen molar-refractivity contribution in [2.24, 2.45) is 7.05 Å². The van der Waals surface area contributed by atoms with Crippen LogP contribution in [0.2, 0.25) is 0 Å². The quantitative estimate of drug-likeness (QED) is 0.299. The van der Waals surface area contributed by atoms with Crippen molar-refractivity contribution in [3.05, 3.63) is 40.6 Å². The van der Waals surface area contributed by atoms with E-state index in [1.165, 1.54) is 6.07 Å². The number of hydrogen-bond donors (Lipinski definition) is 2. The third-order valence-electron chi connectivity index (χ3n) is 7.36. The average Bonchev–Trinajstić information content (AvgIpc) is 3.57. The zero-order chi connectivity index (χ0) is 30.8. The highest BCUT2D eigenvalue weighted by Crippen LogP contribution is 2.39. The van der Waals surface area contributed by atoms with Crippen LogP contribution in [0, 0.1) is 5.82 Å². The van der Waals surface area contributed by atoms with Gasteiger partial charge < -0.3 is 19.3 Å². The van der Waals surface area contributed by atoms with E-state index in [0.717, 1.165) is 23.2 Å². The number of aromatic amines is 1.